The maximum atomic E-state index is 11.7. The fourth-order valence-electron chi connectivity index (χ4n) is 1.55. The first-order chi connectivity index (χ1) is 7.25. The van der Waals surface area contributed by atoms with Gasteiger partial charge in [-0.1, -0.05) is 5.21 Å². The van der Waals surface area contributed by atoms with E-state index >= 15 is 0 Å². The average molecular weight is 210 g/mol. The molecule has 0 aliphatic carbocycles. The zero-order chi connectivity index (χ0) is 10.7. The largest absolute Gasteiger partial charge is 0.378 e. The van der Waals surface area contributed by atoms with Gasteiger partial charge in [-0.15, -0.1) is 5.10 Å². The second-order valence-electron chi connectivity index (χ2n) is 3.63. The Hall–Kier alpha value is -1.27. The molecule has 1 aromatic heterocycles. The second-order valence-corrected chi connectivity index (χ2v) is 3.63. The summed E-state index contributed by atoms with van der Waals surface area (Å²) in [6.45, 7) is 2.11. The van der Waals surface area contributed by atoms with Gasteiger partial charge in [0.15, 0.2) is 5.78 Å². The fraction of sp³-hybridized carbons (Fsp3) is 0.667. The van der Waals surface area contributed by atoms with E-state index in [1.54, 1.807) is 13.2 Å². The minimum absolute atomic E-state index is 0.00565. The number of rotatable bonds is 3. The standard InChI is InChI=1S/C9H14N4O2/c1-13-5-8(11-12-13)9(14)4-7-6-15-3-2-10-7/h5,7,10H,2-4,6H2,1H3. The van der Waals surface area contributed by atoms with E-state index in [0.717, 1.165) is 13.2 Å². The van der Waals surface area contributed by atoms with Crippen LogP contribution in [-0.2, 0) is 11.8 Å². The van der Waals surface area contributed by atoms with Crippen molar-refractivity contribution < 1.29 is 9.53 Å². The molecule has 1 atom stereocenters. The normalized spacial score (nSPS) is 21.5. The molecule has 2 rings (SSSR count). The van der Waals surface area contributed by atoms with Crippen molar-refractivity contribution in [2.24, 2.45) is 7.05 Å². The van der Waals surface area contributed by atoms with Crippen LogP contribution < -0.4 is 5.32 Å². The Morgan fingerprint density at radius 1 is 1.80 bits per heavy atom. The molecular formula is C9H14N4O2. The number of ketones is 1. The molecule has 0 bridgehead atoms. The maximum absolute atomic E-state index is 11.7. The van der Waals surface area contributed by atoms with Gasteiger partial charge in [-0.3, -0.25) is 9.48 Å². The van der Waals surface area contributed by atoms with E-state index in [0.29, 0.717) is 18.7 Å². The zero-order valence-corrected chi connectivity index (χ0v) is 8.64. The highest BCUT2D eigenvalue weighted by molar-refractivity contribution is 5.94. The molecule has 1 fully saturated rings. The van der Waals surface area contributed by atoms with Crippen LogP contribution in [0.3, 0.4) is 0 Å². The third-order valence-corrected chi connectivity index (χ3v) is 2.32. The summed E-state index contributed by atoms with van der Waals surface area (Å²) in [6.07, 6.45) is 2.05. The number of hydrogen-bond acceptors (Lipinski definition) is 5. The van der Waals surface area contributed by atoms with E-state index in [1.165, 1.54) is 4.68 Å². The molecule has 0 saturated carbocycles. The third kappa shape index (κ3) is 2.60. The molecule has 2 heterocycles. The van der Waals surface area contributed by atoms with Crippen LogP contribution >= 0.6 is 0 Å². The molecule has 1 aliphatic heterocycles. The van der Waals surface area contributed by atoms with Gasteiger partial charge in [-0.05, 0) is 0 Å². The van der Waals surface area contributed by atoms with Crippen LogP contribution in [0.25, 0.3) is 0 Å². The number of carbonyl (C=O) groups is 1. The monoisotopic (exact) mass is 210 g/mol. The minimum Gasteiger partial charge on any atom is -0.378 e. The summed E-state index contributed by atoms with van der Waals surface area (Å²) >= 11 is 0. The second kappa shape index (κ2) is 4.50. The number of aromatic nitrogens is 3. The first kappa shape index (κ1) is 10.3. The number of Topliss-reactive ketones (excluding diaryl/α,β-unsaturated/α-hetero) is 1. The SMILES string of the molecule is Cn1cc(C(=O)CC2COCCN2)nn1. The van der Waals surface area contributed by atoms with E-state index in [-0.39, 0.29) is 11.8 Å². The highest BCUT2D eigenvalue weighted by atomic mass is 16.5. The van der Waals surface area contributed by atoms with Gasteiger partial charge in [-0.2, -0.15) is 0 Å². The molecule has 82 valence electrons. The summed E-state index contributed by atoms with van der Waals surface area (Å²) in [7, 11) is 1.74. The molecule has 6 heteroatoms. The van der Waals surface area contributed by atoms with E-state index < -0.39 is 0 Å². The summed E-state index contributed by atoms with van der Waals surface area (Å²) in [5.41, 5.74) is 0.421. The molecule has 1 aliphatic rings. The topological polar surface area (TPSA) is 69.0 Å². The van der Waals surface area contributed by atoms with Gasteiger partial charge < -0.3 is 10.1 Å². The van der Waals surface area contributed by atoms with Gasteiger partial charge in [-0.25, -0.2) is 0 Å². The van der Waals surface area contributed by atoms with Crippen molar-refractivity contribution in [3.05, 3.63) is 11.9 Å². The Balaban J connectivity index is 1.91. The number of nitrogens with one attached hydrogen (secondary N) is 1. The summed E-state index contributed by atoms with van der Waals surface area (Å²) in [6, 6.07) is 0.105. The van der Waals surface area contributed by atoms with Crippen LogP contribution in [0.1, 0.15) is 16.9 Å². The molecule has 1 unspecified atom stereocenters. The predicted octanol–water partition coefficient (Wildman–Crippen LogP) is -0.624. The summed E-state index contributed by atoms with van der Waals surface area (Å²) < 4.78 is 6.79. The van der Waals surface area contributed by atoms with Crippen LogP contribution in [0.4, 0.5) is 0 Å². The van der Waals surface area contributed by atoms with Gasteiger partial charge in [0.05, 0.1) is 19.4 Å². The number of ether oxygens (including phenoxy) is 1. The van der Waals surface area contributed by atoms with Gasteiger partial charge in [0, 0.05) is 26.1 Å². The number of carbonyl (C=O) groups excluding carboxylic acids is 1. The van der Waals surface area contributed by atoms with Gasteiger partial charge in [0.2, 0.25) is 0 Å². The lowest BCUT2D eigenvalue weighted by Crippen LogP contribution is -2.42. The van der Waals surface area contributed by atoms with E-state index in [9.17, 15) is 4.79 Å². The quantitative estimate of drug-likeness (QED) is 0.673. The molecule has 15 heavy (non-hydrogen) atoms. The van der Waals surface area contributed by atoms with Crippen molar-refractivity contribution in [2.75, 3.05) is 19.8 Å². The lowest BCUT2D eigenvalue weighted by atomic mass is 10.1. The van der Waals surface area contributed by atoms with Crippen LogP contribution in [-0.4, -0.2) is 46.6 Å². The Labute approximate surface area is 87.6 Å². The highest BCUT2D eigenvalue weighted by Crippen LogP contribution is 2.04. The number of nitrogens with zero attached hydrogens (tertiary/aromatic N) is 3. The van der Waals surface area contributed by atoms with Crippen molar-refractivity contribution in [1.82, 2.24) is 20.3 Å². The van der Waals surface area contributed by atoms with Crippen molar-refractivity contribution >= 4 is 5.78 Å². The molecule has 0 aromatic carbocycles. The summed E-state index contributed by atoms with van der Waals surface area (Å²) in [5, 5.41) is 10.7. The Morgan fingerprint density at radius 2 is 2.67 bits per heavy atom. The van der Waals surface area contributed by atoms with E-state index in [1.807, 2.05) is 0 Å². The molecule has 0 spiro atoms. The van der Waals surface area contributed by atoms with Crippen LogP contribution in [0, 0.1) is 0 Å². The first-order valence-electron chi connectivity index (χ1n) is 4.96. The first-order valence-corrected chi connectivity index (χ1v) is 4.96. The summed E-state index contributed by atoms with van der Waals surface area (Å²) in [5.74, 6) is 0.00565. The number of hydrogen-bond donors (Lipinski definition) is 1. The predicted molar refractivity (Wildman–Crippen MR) is 52.6 cm³/mol. The highest BCUT2D eigenvalue weighted by Gasteiger charge is 2.19. The Bertz CT molecular complexity index is 344. The maximum Gasteiger partial charge on any atom is 0.186 e. The van der Waals surface area contributed by atoms with Gasteiger partial charge in [0.1, 0.15) is 5.69 Å². The fourth-order valence-corrected chi connectivity index (χ4v) is 1.55. The zero-order valence-electron chi connectivity index (χ0n) is 8.64. The van der Waals surface area contributed by atoms with Crippen LogP contribution in [0.5, 0.6) is 0 Å². The Morgan fingerprint density at radius 3 is 3.27 bits per heavy atom. The third-order valence-electron chi connectivity index (χ3n) is 2.32. The molecule has 6 nitrogen and oxygen atoms in total. The summed E-state index contributed by atoms with van der Waals surface area (Å²) in [4.78, 5) is 11.7. The molecule has 0 amide bonds. The average Bonchev–Trinajstić information content (AvgIpc) is 2.66. The lowest BCUT2D eigenvalue weighted by molar-refractivity contribution is 0.0674. The van der Waals surface area contributed by atoms with Crippen molar-refractivity contribution in [2.45, 2.75) is 12.5 Å². The van der Waals surface area contributed by atoms with Gasteiger partial charge >= 0.3 is 0 Å². The van der Waals surface area contributed by atoms with Crippen LogP contribution in [0.2, 0.25) is 0 Å². The van der Waals surface area contributed by atoms with Gasteiger partial charge in [0.25, 0.3) is 0 Å². The van der Waals surface area contributed by atoms with E-state index in [2.05, 4.69) is 15.6 Å². The number of morpholine rings is 1. The van der Waals surface area contributed by atoms with Crippen molar-refractivity contribution in [3.63, 3.8) is 0 Å². The van der Waals surface area contributed by atoms with Crippen molar-refractivity contribution in [1.29, 1.82) is 0 Å². The van der Waals surface area contributed by atoms with Crippen LogP contribution in [0.15, 0.2) is 6.20 Å². The molecule has 1 N–H and O–H groups in total. The molecular weight excluding hydrogens is 196 g/mol. The minimum atomic E-state index is 0.00565. The molecule has 1 saturated heterocycles. The Kier molecular flexibility index (Phi) is 3.08. The van der Waals surface area contributed by atoms with E-state index in [4.69, 9.17) is 4.74 Å². The van der Waals surface area contributed by atoms with Crippen molar-refractivity contribution in [3.8, 4) is 0 Å². The smallest absolute Gasteiger partial charge is 0.186 e. The number of aryl methyl sites for hydroxylation is 1. The molecule has 1 aromatic rings. The lowest BCUT2D eigenvalue weighted by Gasteiger charge is -2.22. The molecule has 0 radical (unpaired) electrons.